The summed E-state index contributed by atoms with van der Waals surface area (Å²) in [5.41, 5.74) is 0.716. The minimum Gasteiger partial charge on any atom is -0.322 e. The van der Waals surface area contributed by atoms with Gasteiger partial charge in [-0.2, -0.15) is 13.2 Å². The fourth-order valence-electron chi connectivity index (χ4n) is 3.97. The lowest BCUT2D eigenvalue weighted by Gasteiger charge is -2.23. The molecule has 2 unspecified atom stereocenters. The van der Waals surface area contributed by atoms with Gasteiger partial charge in [-0.25, -0.2) is 8.42 Å². The molecule has 2 fully saturated rings. The Kier molecular flexibility index (Phi) is 7.21. The second-order valence-electron chi connectivity index (χ2n) is 8.20. The van der Waals surface area contributed by atoms with Crippen molar-refractivity contribution < 1.29 is 26.4 Å². The van der Waals surface area contributed by atoms with Gasteiger partial charge in [0, 0.05) is 29.3 Å². The molecule has 1 aliphatic heterocycles. The standard InChI is InChI=1S/C22H23F3N2O3S.ClH/c23-22(24,25)16-2-1-3-18(12-16)27-21(28)15-6-4-14(5-7-15)19-13-20(19)26-17-8-10-31(29,30)11-9-17;/h1-7,12,17,19-20,26H,8-11,13H2,(H,27,28);1H. The second kappa shape index (κ2) is 9.41. The van der Waals surface area contributed by atoms with Crippen molar-refractivity contribution in [3.05, 3.63) is 65.2 Å². The van der Waals surface area contributed by atoms with Crippen molar-refractivity contribution in [2.24, 2.45) is 0 Å². The average Bonchev–Trinajstić information content (AvgIpc) is 3.48. The highest BCUT2D eigenvalue weighted by Gasteiger charge is 2.40. The summed E-state index contributed by atoms with van der Waals surface area (Å²) in [6.07, 6.45) is -2.23. The predicted molar refractivity (Wildman–Crippen MR) is 119 cm³/mol. The third-order valence-corrected chi connectivity index (χ3v) is 7.56. The molecule has 1 amide bonds. The van der Waals surface area contributed by atoms with Crippen LogP contribution in [0.4, 0.5) is 18.9 Å². The van der Waals surface area contributed by atoms with Gasteiger partial charge in [0.2, 0.25) is 0 Å². The zero-order chi connectivity index (χ0) is 22.2. The Hall–Kier alpha value is -2.10. The molecule has 174 valence electrons. The SMILES string of the molecule is Cl.O=C(Nc1cccc(C(F)(F)F)c1)c1ccc(C2CC2NC2CCS(=O)(=O)CC2)cc1. The molecule has 2 aromatic carbocycles. The summed E-state index contributed by atoms with van der Waals surface area (Å²) < 4.78 is 61.5. The first kappa shape index (κ1) is 24.5. The number of anilines is 1. The first-order chi connectivity index (χ1) is 14.6. The molecule has 1 saturated carbocycles. The molecule has 0 radical (unpaired) electrons. The van der Waals surface area contributed by atoms with Gasteiger partial charge in [-0.05, 0) is 55.2 Å². The van der Waals surface area contributed by atoms with Gasteiger partial charge in [-0.15, -0.1) is 12.4 Å². The third kappa shape index (κ3) is 6.02. The molecule has 2 aromatic rings. The van der Waals surface area contributed by atoms with Crippen LogP contribution in [0.15, 0.2) is 48.5 Å². The van der Waals surface area contributed by atoms with Crippen molar-refractivity contribution in [1.29, 1.82) is 0 Å². The normalized spacial score (nSPS) is 22.6. The Bertz CT molecular complexity index is 1060. The summed E-state index contributed by atoms with van der Waals surface area (Å²) in [6, 6.07) is 12.1. The summed E-state index contributed by atoms with van der Waals surface area (Å²) in [7, 11) is -2.88. The molecule has 2 N–H and O–H groups in total. The molecule has 4 rings (SSSR count). The maximum Gasteiger partial charge on any atom is 0.416 e. The van der Waals surface area contributed by atoms with Crippen molar-refractivity contribution in [2.45, 2.75) is 43.4 Å². The number of nitrogens with one attached hydrogen (secondary N) is 2. The van der Waals surface area contributed by atoms with Gasteiger partial charge < -0.3 is 10.6 Å². The summed E-state index contributed by atoms with van der Waals surface area (Å²) in [5, 5.41) is 6.04. The van der Waals surface area contributed by atoms with Crippen LogP contribution in [0.5, 0.6) is 0 Å². The highest BCUT2D eigenvalue weighted by molar-refractivity contribution is 7.91. The number of benzene rings is 2. The molecule has 32 heavy (non-hydrogen) atoms. The van der Waals surface area contributed by atoms with Gasteiger partial charge in [0.05, 0.1) is 17.1 Å². The maximum atomic E-state index is 12.8. The van der Waals surface area contributed by atoms with E-state index in [2.05, 4.69) is 10.6 Å². The van der Waals surface area contributed by atoms with Gasteiger partial charge in [-0.3, -0.25) is 4.79 Å². The van der Waals surface area contributed by atoms with Crippen molar-refractivity contribution in [2.75, 3.05) is 16.8 Å². The molecule has 1 heterocycles. The van der Waals surface area contributed by atoms with Gasteiger partial charge in [0.25, 0.3) is 5.91 Å². The fraction of sp³-hybridized carbons (Fsp3) is 0.409. The van der Waals surface area contributed by atoms with Crippen LogP contribution in [0.1, 0.15) is 46.7 Å². The molecule has 2 aliphatic rings. The molecule has 0 spiro atoms. The largest absolute Gasteiger partial charge is 0.416 e. The monoisotopic (exact) mass is 488 g/mol. The van der Waals surface area contributed by atoms with Crippen molar-refractivity contribution in [3.63, 3.8) is 0 Å². The van der Waals surface area contributed by atoms with Crippen LogP contribution >= 0.6 is 12.4 Å². The predicted octanol–water partition coefficient (Wildman–Crippen LogP) is 4.40. The van der Waals surface area contributed by atoms with E-state index >= 15 is 0 Å². The topological polar surface area (TPSA) is 75.3 Å². The number of hydrogen-bond acceptors (Lipinski definition) is 4. The van der Waals surface area contributed by atoms with E-state index in [1.54, 1.807) is 12.1 Å². The van der Waals surface area contributed by atoms with E-state index in [0.29, 0.717) is 30.4 Å². The molecule has 0 aromatic heterocycles. The van der Waals surface area contributed by atoms with E-state index in [0.717, 1.165) is 24.1 Å². The summed E-state index contributed by atoms with van der Waals surface area (Å²) in [4.78, 5) is 12.4. The van der Waals surface area contributed by atoms with Crippen molar-refractivity contribution >= 4 is 33.8 Å². The van der Waals surface area contributed by atoms with E-state index < -0.39 is 27.5 Å². The quantitative estimate of drug-likeness (QED) is 0.654. The summed E-state index contributed by atoms with van der Waals surface area (Å²) in [6.45, 7) is 0. The number of amides is 1. The number of halogens is 4. The Labute approximate surface area is 191 Å². The molecular formula is C22H24ClF3N2O3S. The van der Waals surface area contributed by atoms with Crippen LogP contribution in [0, 0.1) is 0 Å². The van der Waals surface area contributed by atoms with E-state index in [4.69, 9.17) is 0 Å². The number of sulfone groups is 1. The molecule has 1 saturated heterocycles. The van der Waals surface area contributed by atoms with Crippen LogP contribution in [-0.2, 0) is 16.0 Å². The van der Waals surface area contributed by atoms with Crippen molar-refractivity contribution in [1.82, 2.24) is 5.32 Å². The lowest BCUT2D eigenvalue weighted by molar-refractivity contribution is -0.137. The zero-order valence-electron chi connectivity index (χ0n) is 17.1. The lowest BCUT2D eigenvalue weighted by atomic mass is 10.1. The van der Waals surface area contributed by atoms with Gasteiger partial charge in [0.1, 0.15) is 9.84 Å². The zero-order valence-corrected chi connectivity index (χ0v) is 18.7. The van der Waals surface area contributed by atoms with Crippen LogP contribution in [0.2, 0.25) is 0 Å². The smallest absolute Gasteiger partial charge is 0.322 e. The highest BCUT2D eigenvalue weighted by atomic mass is 35.5. The second-order valence-corrected chi connectivity index (χ2v) is 10.5. The van der Waals surface area contributed by atoms with Gasteiger partial charge in [-0.1, -0.05) is 18.2 Å². The average molecular weight is 489 g/mol. The summed E-state index contributed by atoms with van der Waals surface area (Å²) >= 11 is 0. The Morgan fingerprint density at radius 1 is 1.00 bits per heavy atom. The van der Waals surface area contributed by atoms with E-state index in [9.17, 15) is 26.4 Å². The Balaban J connectivity index is 0.00000289. The fourth-order valence-corrected chi connectivity index (χ4v) is 5.46. The van der Waals surface area contributed by atoms with E-state index in [1.807, 2.05) is 12.1 Å². The molecule has 0 bridgehead atoms. The molecule has 2 atom stereocenters. The van der Waals surface area contributed by atoms with Crippen LogP contribution in [0.3, 0.4) is 0 Å². The lowest BCUT2D eigenvalue weighted by Crippen LogP contribution is -2.39. The Morgan fingerprint density at radius 2 is 1.66 bits per heavy atom. The van der Waals surface area contributed by atoms with Crippen LogP contribution in [0.25, 0.3) is 0 Å². The highest BCUT2D eigenvalue weighted by Crippen LogP contribution is 2.41. The molecule has 1 aliphatic carbocycles. The van der Waals surface area contributed by atoms with Crippen LogP contribution < -0.4 is 10.6 Å². The number of alkyl halides is 3. The van der Waals surface area contributed by atoms with Gasteiger partial charge in [0.15, 0.2) is 0 Å². The number of carbonyl (C=O) groups is 1. The number of hydrogen-bond donors (Lipinski definition) is 2. The van der Waals surface area contributed by atoms with E-state index in [1.165, 1.54) is 12.1 Å². The van der Waals surface area contributed by atoms with Crippen molar-refractivity contribution in [3.8, 4) is 0 Å². The number of carbonyl (C=O) groups excluding carboxylic acids is 1. The maximum absolute atomic E-state index is 12.8. The molecule has 10 heteroatoms. The first-order valence-electron chi connectivity index (χ1n) is 10.2. The number of rotatable bonds is 5. The minimum absolute atomic E-state index is 0. The van der Waals surface area contributed by atoms with Crippen LogP contribution in [-0.4, -0.2) is 37.9 Å². The molecular weight excluding hydrogens is 465 g/mol. The minimum atomic E-state index is -4.47. The third-order valence-electron chi connectivity index (χ3n) is 5.84. The van der Waals surface area contributed by atoms with E-state index in [-0.39, 0.29) is 35.6 Å². The van der Waals surface area contributed by atoms with Gasteiger partial charge >= 0.3 is 6.18 Å². The Morgan fingerprint density at radius 3 is 2.28 bits per heavy atom. The first-order valence-corrected chi connectivity index (χ1v) is 12.0. The molecule has 5 nitrogen and oxygen atoms in total. The summed E-state index contributed by atoms with van der Waals surface area (Å²) in [5.74, 6) is 0.314.